The number of carbonyl (C=O) groups is 3. The quantitative estimate of drug-likeness (QED) is 0.254. The van der Waals surface area contributed by atoms with Gasteiger partial charge in [0.15, 0.2) is 0 Å². The molecule has 0 spiro atoms. The summed E-state index contributed by atoms with van der Waals surface area (Å²) in [5, 5.41) is 5.91. The van der Waals surface area contributed by atoms with Crippen LogP contribution in [0.5, 0.6) is 0 Å². The fourth-order valence-corrected chi connectivity index (χ4v) is 4.43. The Morgan fingerprint density at radius 1 is 1.08 bits per heavy atom. The molecule has 1 atom stereocenters. The van der Waals surface area contributed by atoms with Gasteiger partial charge in [0, 0.05) is 6.54 Å². The Bertz CT molecular complexity index is 1120. The normalized spacial score (nSPS) is 11.8. The first-order valence-corrected chi connectivity index (χ1v) is 13.9. The van der Waals surface area contributed by atoms with Crippen molar-refractivity contribution < 1.29 is 19.1 Å². The Labute approximate surface area is 237 Å². The predicted octanol–water partition coefficient (Wildman–Crippen LogP) is 7.29. The smallest absolute Gasteiger partial charge is 0.408 e. The third-order valence-electron chi connectivity index (χ3n) is 6.10. The zero-order chi connectivity index (χ0) is 29.0. The van der Waals surface area contributed by atoms with E-state index in [-0.39, 0.29) is 6.54 Å². The summed E-state index contributed by atoms with van der Waals surface area (Å²) in [4.78, 5) is 41.4. The van der Waals surface area contributed by atoms with Crippen LogP contribution < -0.4 is 10.6 Å². The number of halogens is 1. The number of unbranched alkanes of at least 4 members (excludes halogenated alkanes) is 4. The molecule has 3 amide bonds. The van der Waals surface area contributed by atoms with E-state index >= 15 is 0 Å². The van der Waals surface area contributed by atoms with Gasteiger partial charge in [0.25, 0.3) is 5.91 Å². The van der Waals surface area contributed by atoms with Gasteiger partial charge in [0.05, 0.1) is 10.7 Å². The van der Waals surface area contributed by atoms with Crippen LogP contribution in [0, 0.1) is 6.92 Å². The zero-order valence-electron chi connectivity index (χ0n) is 23.8. The fourth-order valence-electron chi connectivity index (χ4n) is 4.16. The highest BCUT2D eigenvalue weighted by molar-refractivity contribution is 6.34. The molecule has 8 heteroatoms. The number of anilines is 1. The van der Waals surface area contributed by atoms with E-state index in [0.717, 1.165) is 36.8 Å². The summed E-state index contributed by atoms with van der Waals surface area (Å²) < 4.78 is 5.30. The number of nitrogens with zero attached hydrogens (tertiary/aromatic N) is 1. The van der Waals surface area contributed by atoms with E-state index in [4.69, 9.17) is 16.3 Å². The molecular weight excluding hydrogens is 514 g/mol. The van der Waals surface area contributed by atoms with E-state index in [1.54, 1.807) is 32.9 Å². The minimum atomic E-state index is -0.959. The highest BCUT2D eigenvalue weighted by atomic mass is 35.5. The lowest BCUT2D eigenvalue weighted by Gasteiger charge is -2.32. The number of amides is 3. The Kier molecular flexibility index (Phi) is 12.5. The van der Waals surface area contributed by atoms with E-state index in [0.29, 0.717) is 29.2 Å². The summed E-state index contributed by atoms with van der Waals surface area (Å²) in [7, 11) is 0. The monoisotopic (exact) mass is 555 g/mol. The molecule has 0 saturated carbocycles. The molecule has 39 heavy (non-hydrogen) atoms. The Morgan fingerprint density at radius 2 is 1.77 bits per heavy atom. The van der Waals surface area contributed by atoms with Gasteiger partial charge in [0.1, 0.15) is 18.2 Å². The van der Waals surface area contributed by atoms with Gasteiger partial charge >= 0.3 is 6.09 Å². The van der Waals surface area contributed by atoms with Crippen LogP contribution in [0.3, 0.4) is 0 Å². The number of rotatable bonds is 13. The second-order valence-electron chi connectivity index (χ2n) is 10.6. The first-order chi connectivity index (χ1) is 18.5. The molecule has 0 aromatic heterocycles. The molecule has 0 bridgehead atoms. The highest BCUT2D eigenvalue weighted by Gasteiger charge is 2.32. The number of ether oxygens (including phenoxy) is 1. The van der Waals surface area contributed by atoms with Crippen molar-refractivity contribution in [2.75, 3.05) is 18.4 Å². The first-order valence-electron chi connectivity index (χ1n) is 13.5. The third kappa shape index (κ3) is 10.4. The number of benzene rings is 2. The number of hydrogen-bond donors (Lipinski definition) is 2. The van der Waals surface area contributed by atoms with E-state index in [2.05, 4.69) is 24.1 Å². The fraction of sp³-hybridized carbons (Fsp3) is 0.452. The third-order valence-corrected chi connectivity index (χ3v) is 6.41. The van der Waals surface area contributed by atoms with E-state index in [1.807, 2.05) is 43.3 Å². The van der Waals surface area contributed by atoms with Gasteiger partial charge in [-0.15, -0.1) is 0 Å². The largest absolute Gasteiger partial charge is 0.444 e. The lowest BCUT2D eigenvalue weighted by atomic mass is 10.00. The predicted molar refractivity (Wildman–Crippen MR) is 159 cm³/mol. The Hall–Kier alpha value is -3.32. The van der Waals surface area contributed by atoms with E-state index in [9.17, 15) is 14.4 Å². The maximum atomic E-state index is 13.9. The average molecular weight is 556 g/mol. The standard InChI is InChI=1S/C31H42ClN3O4/c1-7-9-10-11-12-19-35(26(36)21-33-30(38)39-31(4,5)6)28(24-17-14-16-23(8-2)20-24)29(37)34-27-22(3)15-13-18-25(27)32/h8,13-18,20,28H,2,7,9-12,19,21H2,1,3-6H3,(H,33,38)(H,34,37). The lowest BCUT2D eigenvalue weighted by Crippen LogP contribution is -2.47. The van der Waals surface area contributed by atoms with Crippen LogP contribution >= 0.6 is 11.6 Å². The molecule has 7 nitrogen and oxygen atoms in total. The molecule has 2 aromatic rings. The average Bonchev–Trinajstić information content (AvgIpc) is 2.87. The molecule has 2 rings (SSSR count). The Balaban J connectivity index is 2.43. The summed E-state index contributed by atoms with van der Waals surface area (Å²) >= 11 is 6.41. The van der Waals surface area contributed by atoms with E-state index < -0.39 is 29.6 Å². The second kappa shape index (κ2) is 15.3. The van der Waals surface area contributed by atoms with Crippen LogP contribution in [-0.4, -0.2) is 41.5 Å². The van der Waals surface area contributed by atoms with Gasteiger partial charge < -0.3 is 20.3 Å². The molecule has 2 N–H and O–H groups in total. The van der Waals surface area contributed by atoms with Crippen LogP contribution in [0.15, 0.2) is 49.0 Å². The van der Waals surface area contributed by atoms with Gasteiger partial charge in [-0.25, -0.2) is 4.79 Å². The summed E-state index contributed by atoms with van der Waals surface area (Å²) in [6.45, 7) is 13.1. The van der Waals surface area contributed by atoms with Gasteiger partial charge in [-0.2, -0.15) is 0 Å². The molecule has 0 heterocycles. The number of hydrogen-bond acceptors (Lipinski definition) is 4. The molecule has 0 aliphatic carbocycles. The number of nitrogens with one attached hydrogen (secondary N) is 2. The molecule has 0 radical (unpaired) electrons. The number of aryl methyl sites for hydroxylation is 1. The molecule has 1 unspecified atom stereocenters. The SMILES string of the molecule is C=Cc1cccc(C(C(=O)Nc2c(C)cccc2Cl)N(CCCCCCC)C(=O)CNC(=O)OC(C)(C)C)c1. The minimum absolute atomic E-state index is 0.306. The molecule has 0 aliphatic rings. The summed E-state index contributed by atoms with van der Waals surface area (Å²) in [5.41, 5.74) is 2.05. The molecule has 0 fully saturated rings. The first kappa shape index (κ1) is 31.9. The van der Waals surface area contributed by atoms with E-state index in [1.165, 1.54) is 4.90 Å². The number of alkyl carbamates (subject to hydrolysis) is 1. The molecular formula is C31H42ClN3O4. The zero-order valence-corrected chi connectivity index (χ0v) is 24.6. The van der Waals surface area contributed by atoms with Crippen molar-refractivity contribution in [1.82, 2.24) is 10.2 Å². The minimum Gasteiger partial charge on any atom is -0.444 e. The lowest BCUT2D eigenvalue weighted by molar-refractivity contribution is -0.138. The Morgan fingerprint density at radius 3 is 2.41 bits per heavy atom. The molecule has 2 aromatic carbocycles. The molecule has 0 saturated heterocycles. The number of para-hydroxylation sites is 1. The van der Waals surface area contributed by atoms with Crippen molar-refractivity contribution >= 4 is 41.3 Å². The van der Waals surface area contributed by atoms with Crippen molar-refractivity contribution in [3.63, 3.8) is 0 Å². The van der Waals surface area contributed by atoms with Crippen LogP contribution in [0.1, 0.15) is 82.5 Å². The van der Waals surface area contributed by atoms with Gasteiger partial charge in [-0.3, -0.25) is 9.59 Å². The van der Waals surface area contributed by atoms with Crippen molar-refractivity contribution in [3.8, 4) is 0 Å². The summed E-state index contributed by atoms with van der Waals surface area (Å²) in [5.74, 6) is -0.789. The van der Waals surface area contributed by atoms with Crippen molar-refractivity contribution in [2.24, 2.45) is 0 Å². The van der Waals surface area contributed by atoms with Crippen molar-refractivity contribution in [1.29, 1.82) is 0 Å². The van der Waals surface area contributed by atoms with Gasteiger partial charge in [-0.05, 0) is 62.9 Å². The topological polar surface area (TPSA) is 87.7 Å². The summed E-state index contributed by atoms with van der Waals surface area (Å²) in [6.07, 6.45) is 5.87. The maximum absolute atomic E-state index is 13.9. The van der Waals surface area contributed by atoms with Crippen LogP contribution in [0.4, 0.5) is 10.5 Å². The molecule has 0 aliphatic heterocycles. The summed E-state index contributed by atoms with van der Waals surface area (Å²) in [6, 6.07) is 11.8. The maximum Gasteiger partial charge on any atom is 0.408 e. The number of carbonyl (C=O) groups excluding carboxylic acids is 3. The van der Waals surface area contributed by atoms with Crippen LogP contribution in [0.25, 0.3) is 6.08 Å². The second-order valence-corrected chi connectivity index (χ2v) is 11.0. The van der Waals surface area contributed by atoms with Crippen LogP contribution in [-0.2, 0) is 14.3 Å². The molecule has 212 valence electrons. The van der Waals surface area contributed by atoms with Crippen LogP contribution in [0.2, 0.25) is 5.02 Å². The highest BCUT2D eigenvalue weighted by Crippen LogP contribution is 2.30. The van der Waals surface area contributed by atoms with Gasteiger partial charge in [0.2, 0.25) is 5.91 Å². The van der Waals surface area contributed by atoms with Crippen molar-refractivity contribution in [3.05, 3.63) is 70.8 Å². The van der Waals surface area contributed by atoms with Gasteiger partial charge in [-0.1, -0.05) is 87.2 Å². The van der Waals surface area contributed by atoms with Crippen molar-refractivity contribution in [2.45, 2.75) is 78.4 Å².